The molecular weight excluding hydrogens is 368 g/mol. The third-order valence-electron chi connectivity index (χ3n) is 3.81. The van der Waals surface area contributed by atoms with E-state index in [2.05, 4.69) is 5.32 Å². The summed E-state index contributed by atoms with van der Waals surface area (Å²) in [4.78, 5) is 13.2. The van der Waals surface area contributed by atoms with Crippen molar-refractivity contribution in [3.8, 4) is 0 Å². The molecule has 5 nitrogen and oxygen atoms in total. The van der Waals surface area contributed by atoms with Crippen molar-refractivity contribution in [3.63, 3.8) is 0 Å². The van der Waals surface area contributed by atoms with Gasteiger partial charge in [-0.15, -0.1) is 11.8 Å². The molecule has 7 heteroatoms. The van der Waals surface area contributed by atoms with Gasteiger partial charge in [-0.25, -0.2) is 8.42 Å². The molecule has 140 valence electrons. The summed E-state index contributed by atoms with van der Waals surface area (Å²) in [5.74, 6) is -0.124. The van der Waals surface area contributed by atoms with Crippen molar-refractivity contribution < 1.29 is 13.2 Å². The number of aryl methyl sites for hydroxylation is 1. The number of rotatable bonds is 8. The molecule has 0 radical (unpaired) electrons. The van der Waals surface area contributed by atoms with Crippen LogP contribution in [0, 0.1) is 6.92 Å². The van der Waals surface area contributed by atoms with Gasteiger partial charge in [0, 0.05) is 23.5 Å². The van der Waals surface area contributed by atoms with Crippen LogP contribution in [-0.2, 0) is 14.8 Å². The molecule has 1 N–H and O–H groups in total. The second kappa shape index (κ2) is 9.09. The standard InChI is InChI=1S/C19H24N2O3S2/c1-15-7-4-9-17(13-15)21(26(3,23)24)12-6-11-19(22)20-16-8-5-10-18(14-16)25-2/h4-5,7-10,13-14H,6,11-12H2,1-3H3,(H,20,22). The lowest BCUT2D eigenvalue weighted by Gasteiger charge is -2.22. The molecule has 26 heavy (non-hydrogen) atoms. The molecule has 0 fully saturated rings. The third-order valence-corrected chi connectivity index (χ3v) is 5.73. The lowest BCUT2D eigenvalue weighted by molar-refractivity contribution is -0.116. The summed E-state index contributed by atoms with van der Waals surface area (Å²) in [6.07, 6.45) is 3.85. The summed E-state index contributed by atoms with van der Waals surface area (Å²) in [6, 6.07) is 15.0. The Morgan fingerprint density at radius 1 is 1.15 bits per heavy atom. The Bertz CT molecular complexity index is 867. The van der Waals surface area contributed by atoms with Crippen LogP contribution in [0.5, 0.6) is 0 Å². The Labute approximate surface area is 159 Å². The Balaban J connectivity index is 1.96. The van der Waals surface area contributed by atoms with Crippen LogP contribution in [0.15, 0.2) is 53.4 Å². The van der Waals surface area contributed by atoms with E-state index in [4.69, 9.17) is 0 Å². The van der Waals surface area contributed by atoms with Gasteiger partial charge in [0.1, 0.15) is 0 Å². The highest BCUT2D eigenvalue weighted by atomic mass is 32.2. The van der Waals surface area contributed by atoms with Gasteiger partial charge in [0.25, 0.3) is 0 Å². The van der Waals surface area contributed by atoms with Crippen molar-refractivity contribution in [1.82, 2.24) is 0 Å². The third kappa shape index (κ3) is 6.07. The average molecular weight is 393 g/mol. The normalized spacial score (nSPS) is 11.2. The molecule has 0 aliphatic carbocycles. The highest BCUT2D eigenvalue weighted by Gasteiger charge is 2.17. The maximum atomic E-state index is 12.1. The van der Waals surface area contributed by atoms with E-state index in [0.29, 0.717) is 12.1 Å². The summed E-state index contributed by atoms with van der Waals surface area (Å²) in [5.41, 5.74) is 2.36. The quantitative estimate of drug-likeness (QED) is 0.692. The van der Waals surface area contributed by atoms with Crippen LogP contribution in [0.4, 0.5) is 11.4 Å². The van der Waals surface area contributed by atoms with Crippen molar-refractivity contribution in [3.05, 3.63) is 54.1 Å². The van der Waals surface area contributed by atoms with Crippen molar-refractivity contribution in [2.24, 2.45) is 0 Å². The number of carbonyl (C=O) groups excluding carboxylic acids is 1. The monoisotopic (exact) mass is 392 g/mol. The number of nitrogens with zero attached hydrogens (tertiary/aromatic N) is 1. The molecule has 1 amide bonds. The fourth-order valence-electron chi connectivity index (χ4n) is 2.58. The van der Waals surface area contributed by atoms with E-state index >= 15 is 0 Å². The number of hydrogen-bond acceptors (Lipinski definition) is 4. The number of hydrogen-bond donors (Lipinski definition) is 1. The molecule has 0 atom stereocenters. The lowest BCUT2D eigenvalue weighted by Crippen LogP contribution is -2.31. The first kappa shape index (κ1) is 20.3. The van der Waals surface area contributed by atoms with Crippen molar-refractivity contribution >= 4 is 39.1 Å². The van der Waals surface area contributed by atoms with E-state index in [9.17, 15) is 13.2 Å². The number of amides is 1. The molecule has 0 saturated heterocycles. The first-order chi connectivity index (χ1) is 12.3. The number of thioether (sulfide) groups is 1. The van der Waals surface area contributed by atoms with Crippen LogP contribution in [0.25, 0.3) is 0 Å². The Morgan fingerprint density at radius 2 is 1.88 bits per heavy atom. The maximum absolute atomic E-state index is 12.1. The fourth-order valence-corrected chi connectivity index (χ4v) is 3.99. The number of carbonyl (C=O) groups is 1. The van der Waals surface area contributed by atoms with Crippen LogP contribution >= 0.6 is 11.8 Å². The van der Waals surface area contributed by atoms with E-state index in [-0.39, 0.29) is 18.9 Å². The largest absolute Gasteiger partial charge is 0.326 e. The number of nitrogens with one attached hydrogen (secondary N) is 1. The summed E-state index contributed by atoms with van der Waals surface area (Å²) < 4.78 is 25.6. The predicted molar refractivity (Wildman–Crippen MR) is 109 cm³/mol. The Hall–Kier alpha value is -1.99. The van der Waals surface area contributed by atoms with Gasteiger partial charge in [-0.3, -0.25) is 9.10 Å². The minimum atomic E-state index is -3.40. The zero-order valence-electron chi connectivity index (χ0n) is 15.2. The number of anilines is 2. The van der Waals surface area contributed by atoms with Crippen molar-refractivity contribution in [2.45, 2.75) is 24.7 Å². The van der Waals surface area contributed by atoms with Gasteiger partial charge < -0.3 is 5.32 Å². The van der Waals surface area contributed by atoms with Gasteiger partial charge in [-0.1, -0.05) is 18.2 Å². The Kier molecular flexibility index (Phi) is 7.11. The van der Waals surface area contributed by atoms with E-state index in [0.717, 1.165) is 16.1 Å². The van der Waals surface area contributed by atoms with Crippen LogP contribution in [0.3, 0.4) is 0 Å². The lowest BCUT2D eigenvalue weighted by atomic mass is 10.2. The van der Waals surface area contributed by atoms with Gasteiger partial charge >= 0.3 is 0 Å². The molecule has 2 aromatic rings. The topological polar surface area (TPSA) is 66.5 Å². The van der Waals surface area contributed by atoms with Crippen LogP contribution in [0.1, 0.15) is 18.4 Å². The molecule has 0 aromatic heterocycles. The van der Waals surface area contributed by atoms with Gasteiger partial charge in [0.05, 0.1) is 11.9 Å². The van der Waals surface area contributed by atoms with E-state index in [1.165, 1.54) is 10.6 Å². The predicted octanol–water partition coefficient (Wildman–Crippen LogP) is 3.90. The SMILES string of the molecule is CSc1cccc(NC(=O)CCCN(c2cccc(C)c2)S(C)(=O)=O)c1. The highest BCUT2D eigenvalue weighted by Crippen LogP contribution is 2.21. The first-order valence-electron chi connectivity index (χ1n) is 8.28. The van der Waals surface area contributed by atoms with E-state index in [1.54, 1.807) is 17.8 Å². The molecular formula is C19H24N2O3S2. The molecule has 2 aromatic carbocycles. The molecule has 0 heterocycles. The van der Waals surface area contributed by atoms with Crippen molar-refractivity contribution in [2.75, 3.05) is 28.7 Å². The number of sulfonamides is 1. The van der Waals surface area contributed by atoms with Crippen LogP contribution in [0.2, 0.25) is 0 Å². The van der Waals surface area contributed by atoms with E-state index in [1.807, 2.05) is 55.6 Å². The molecule has 0 aliphatic heterocycles. The van der Waals surface area contributed by atoms with Crippen molar-refractivity contribution in [1.29, 1.82) is 0 Å². The summed E-state index contributed by atoms with van der Waals surface area (Å²) in [5, 5.41) is 2.86. The Morgan fingerprint density at radius 3 is 2.54 bits per heavy atom. The van der Waals surface area contributed by atoms with Crippen LogP contribution in [-0.4, -0.2) is 33.4 Å². The van der Waals surface area contributed by atoms with Gasteiger partial charge in [0.15, 0.2) is 0 Å². The summed E-state index contributed by atoms with van der Waals surface area (Å²) >= 11 is 1.61. The van der Waals surface area contributed by atoms with Crippen LogP contribution < -0.4 is 9.62 Å². The smallest absolute Gasteiger partial charge is 0.232 e. The molecule has 0 saturated carbocycles. The molecule has 2 rings (SSSR count). The zero-order valence-corrected chi connectivity index (χ0v) is 16.9. The minimum Gasteiger partial charge on any atom is -0.326 e. The maximum Gasteiger partial charge on any atom is 0.232 e. The van der Waals surface area contributed by atoms with E-state index < -0.39 is 10.0 Å². The fraction of sp³-hybridized carbons (Fsp3) is 0.316. The molecule has 0 bridgehead atoms. The van der Waals surface area contributed by atoms with Gasteiger partial charge in [-0.05, 0) is 55.5 Å². The highest BCUT2D eigenvalue weighted by molar-refractivity contribution is 7.98. The van der Waals surface area contributed by atoms with Gasteiger partial charge in [-0.2, -0.15) is 0 Å². The summed E-state index contributed by atoms with van der Waals surface area (Å²) in [6.45, 7) is 2.18. The zero-order chi connectivity index (χ0) is 19.2. The second-order valence-electron chi connectivity index (χ2n) is 6.06. The van der Waals surface area contributed by atoms with Gasteiger partial charge in [0.2, 0.25) is 15.9 Å². The number of benzene rings is 2. The molecule has 0 spiro atoms. The average Bonchev–Trinajstić information content (AvgIpc) is 2.57. The molecule has 0 aliphatic rings. The minimum absolute atomic E-state index is 0.124. The summed E-state index contributed by atoms with van der Waals surface area (Å²) in [7, 11) is -3.40. The molecule has 0 unspecified atom stereocenters. The second-order valence-corrected chi connectivity index (χ2v) is 8.84. The first-order valence-corrected chi connectivity index (χ1v) is 11.3.